The third-order valence-corrected chi connectivity index (χ3v) is 1.54. The molecular weight excluding hydrogens is 128 g/mol. The molecule has 0 fully saturated rings. The highest BCUT2D eigenvalue weighted by Crippen LogP contribution is 1.98. The van der Waals surface area contributed by atoms with Crippen molar-refractivity contribution in [2.24, 2.45) is 5.73 Å². The molecule has 3 nitrogen and oxygen atoms in total. The molecule has 60 valence electrons. The highest BCUT2D eigenvalue weighted by atomic mass is 16.1. The summed E-state index contributed by atoms with van der Waals surface area (Å²) in [6, 6.07) is -0.139. The summed E-state index contributed by atoms with van der Waals surface area (Å²) in [5.41, 5.74) is 5.09. The summed E-state index contributed by atoms with van der Waals surface area (Å²) in [5.74, 6) is -0.254. The molecule has 0 saturated carbocycles. The van der Waals surface area contributed by atoms with Crippen LogP contribution in [0.15, 0.2) is 0 Å². The summed E-state index contributed by atoms with van der Waals surface area (Å²) in [6.45, 7) is 2.09. The molecular formula is C7H16N2O. The topological polar surface area (TPSA) is 55.1 Å². The first-order valence-corrected chi connectivity index (χ1v) is 3.69. The smallest absolute Gasteiger partial charge is 0.234 e. The van der Waals surface area contributed by atoms with Crippen LogP contribution in [0.3, 0.4) is 0 Å². The van der Waals surface area contributed by atoms with Gasteiger partial charge in [0, 0.05) is 0 Å². The average Bonchev–Trinajstić information content (AvgIpc) is 1.89. The molecule has 10 heavy (non-hydrogen) atoms. The molecule has 0 unspecified atom stereocenters. The van der Waals surface area contributed by atoms with Gasteiger partial charge in [0.05, 0.1) is 6.04 Å². The van der Waals surface area contributed by atoms with Crippen molar-refractivity contribution in [2.45, 2.75) is 32.2 Å². The van der Waals surface area contributed by atoms with Gasteiger partial charge in [0.15, 0.2) is 0 Å². The van der Waals surface area contributed by atoms with Crippen molar-refractivity contribution >= 4 is 5.91 Å². The number of primary amides is 1. The van der Waals surface area contributed by atoms with Gasteiger partial charge in [-0.2, -0.15) is 0 Å². The summed E-state index contributed by atoms with van der Waals surface area (Å²) >= 11 is 0. The van der Waals surface area contributed by atoms with Gasteiger partial charge in [0.2, 0.25) is 5.91 Å². The van der Waals surface area contributed by atoms with Gasteiger partial charge in [-0.3, -0.25) is 4.79 Å². The Kier molecular flexibility index (Phi) is 4.94. The molecule has 0 aliphatic heterocycles. The first-order valence-electron chi connectivity index (χ1n) is 3.69. The summed E-state index contributed by atoms with van der Waals surface area (Å²) < 4.78 is 0. The maximum atomic E-state index is 10.6. The summed E-state index contributed by atoms with van der Waals surface area (Å²) in [5, 5.41) is 2.86. The minimum atomic E-state index is -0.254. The second-order valence-corrected chi connectivity index (χ2v) is 2.39. The maximum absolute atomic E-state index is 10.6. The van der Waals surface area contributed by atoms with Crippen molar-refractivity contribution in [3.63, 3.8) is 0 Å². The van der Waals surface area contributed by atoms with E-state index < -0.39 is 0 Å². The SMILES string of the molecule is CCCC[C@H](NC)C(N)=O. The largest absolute Gasteiger partial charge is 0.368 e. The summed E-state index contributed by atoms with van der Waals surface area (Å²) in [4.78, 5) is 10.6. The predicted octanol–water partition coefficient (Wildman–Crippen LogP) is 0.250. The van der Waals surface area contributed by atoms with Gasteiger partial charge < -0.3 is 11.1 Å². The standard InChI is InChI=1S/C7H16N2O/c1-3-4-5-6(9-2)7(8)10/h6,9H,3-5H2,1-2H3,(H2,8,10)/t6-/m0/s1. The molecule has 1 amide bonds. The number of carbonyl (C=O) groups is 1. The Morgan fingerprint density at radius 1 is 1.70 bits per heavy atom. The third-order valence-electron chi connectivity index (χ3n) is 1.54. The van der Waals surface area contributed by atoms with Crippen molar-refractivity contribution in [2.75, 3.05) is 7.05 Å². The number of rotatable bonds is 5. The monoisotopic (exact) mass is 144 g/mol. The van der Waals surface area contributed by atoms with Gasteiger partial charge in [-0.05, 0) is 13.5 Å². The first-order chi connectivity index (χ1) is 4.72. The first kappa shape index (κ1) is 9.43. The molecule has 0 heterocycles. The number of nitrogens with one attached hydrogen (secondary N) is 1. The van der Waals surface area contributed by atoms with Gasteiger partial charge in [-0.1, -0.05) is 19.8 Å². The molecule has 0 aromatic heterocycles. The van der Waals surface area contributed by atoms with Crippen molar-refractivity contribution in [3.8, 4) is 0 Å². The van der Waals surface area contributed by atoms with E-state index in [0.717, 1.165) is 19.3 Å². The third kappa shape index (κ3) is 3.45. The van der Waals surface area contributed by atoms with Crippen molar-refractivity contribution in [3.05, 3.63) is 0 Å². The zero-order valence-electron chi connectivity index (χ0n) is 6.68. The normalized spacial score (nSPS) is 13.0. The minimum Gasteiger partial charge on any atom is -0.368 e. The van der Waals surface area contributed by atoms with E-state index >= 15 is 0 Å². The molecule has 0 rings (SSSR count). The molecule has 0 aliphatic rings. The minimum absolute atomic E-state index is 0.139. The van der Waals surface area contributed by atoms with E-state index in [1.165, 1.54) is 0 Å². The number of nitrogens with two attached hydrogens (primary N) is 1. The van der Waals surface area contributed by atoms with Crippen LogP contribution in [0.2, 0.25) is 0 Å². The Bertz CT molecular complexity index is 104. The van der Waals surface area contributed by atoms with Gasteiger partial charge in [0.1, 0.15) is 0 Å². The summed E-state index contributed by atoms with van der Waals surface area (Å²) in [6.07, 6.45) is 3.00. The molecule has 0 radical (unpaired) electrons. The van der Waals surface area contributed by atoms with Gasteiger partial charge >= 0.3 is 0 Å². The van der Waals surface area contributed by atoms with Crippen LogP contribution in [0.1, 0.15) is 26.2 Å². The van der Waals surface area contributed by atoms with Crippen LogP contribution in [-0.4, -0.2) is 19.0 Å². The van der Waals surface area contributed by atoms with E-state index in [-0.39, 0.29) is 11.9 Å². The number of likely N-dealkylation sites (N-methyl/N-ethyl adjacent to an activating group) is 1. The Labute approximate surface area is 62.0 Å². The second kappa shape index (κ2) is 5.23. The molecule has 1 atom stereocenters. The van der Waals surface area contributed by atoms with E-state index in [4.69, 9.17) is 5.73 Å². The fraction of sp³-hybridized carbons (Fsp3) is 0.857. The fourth-order valence-electron chi connectivity index (χ4n) is 0.837. The Balaban J connectivity index is 3.50. The Morgan fingerprint density at radius 2 is 2.30 bits per heavy atom. The maximum Gasteiger partial charge on any atom is 0.234 e. The molecule has 0 spiro atoms. The lowest BCUT2D eigenvalue weighted by Crippen LogP contribution is -2.38. The van der Waals surface area contributed by atoms with E-state index in [1.54, 1.807) is 7.05 Å². The zero-order chi connectivity index (χ0) is 7.98. The molecule has 3 N–H and O–H groups in total. The highest BCUT2D eigenvalue weighted by molar-refractivity contribution is 5.79. The van der Waals surface area contributed by atoms with Gasteiger partial charge in [-0.15, -0.1) is 0 Å². The predicted molar refractivity (Wildman–Crippen MR) is 41.6 cm³/mol. The van der Waals surface area contributed by atoms with Crippen molar-refractivity contribution in [1.29, 1.82) is 0 Å². The number of amides is 1. The van der Waals surface area contributed by atoms with Crippen molar-refractivity contribution < 1.29 is 4.79 Å². The molecule has 3 heteroatoms. The zero-order valence-corrected chi connectivity index (χ0v) is 6.68. The molecule has 0 aliphatic carbocycles. The van der Waals surface area contributed by atoms with Crippen LogP contribution in [-0.2, 0) is 4.79 Å². The van der Waals surface area contributed by atoms with E-state index in [2.05, 4.69) is 12.2 Å². The van der Waals surface area contributed by atoms with Crippen LogP contribution in [0, 0.1) is 0 Å². The van der Waals surface area contributed by atoms with Crippen LogP contribution in [0.4, 0.5) is 0 Å². The number of hydrogen-bond acceptors (Lipinski definition) is 2. The lowest BCUT2D eigenvalue weighted by molar-refractivity contribution is -0.120. The van der Waals surface area contributed by atoms with Crippen LogP contribution in [0.5, 0.6) is 0 Å². The molecule has 0 aromatic carbocycles. The highest BCUT2D eigenvalue weighted by Gasteiger charge is 2.10. The Hall–Kier alpha value is -0.570. The van der Waals surface area contributed by atoms with Crippen molar-refractivity contribution in [1.82, 2.24) is 5.32 Å². The molecule has 0 saturated heterocycles. The Morgan fingerprint density at radius 3 is 2.60 bits per heavy atom. The lowest BCUT2D eigenvalue weighted by atomic mass is 10.1. The average molecular weight is 144 g/mol. The van der Waals surface area contributed by atoms with Crippen LogP contribution in [0.25, 0.3) is 0 Å². The number of unbranched alkanes of at least 4 members (excludes halogenated alkanes) is 1. The fourth-order valence-corrected chi connectivity index (χ4v) is 0.837. The second-order valence-electron chi connectivity index (χ2n) is 2.39. The van der Waals surface area contributed by atoms with Crippen LogP contribution >= 0.6 is 0 Å². The van der Waals surface area contributed by atoms with Gasteiger partial charge in [-0.25, -0.2) is 0 Å². The summed E-state index contributed by atoms with van der Waals surface area (Å²) in [7, 11) is 1.76. The lowest BCUT2D eigenvalue weighted by Gasteiger charge is -2.09. The number of carbonyl (C=O) groups excluding carboxylic acids is 1. The van der Waals surface area contributed by atoms with E-state index in [1.807, 2.05) is 0 Å². The van der Waals surface area contributed by atoms with E-state index in [9.17, 15) is 4.79 Å². The van der Waals surface area contributed by atoms with Crippen LogP contribution < -0.4 is 11.1 Å². The number of hydrogen-bond donors (Lipinski definition) is 2. The molecule has 0 aromatic rings. The quantitative estimate of drug-likeness (QED) is 0.581. The van der Waals surface area contributed by atoms with Gasteiger partial charge in [0.25, 0.3) is 0 Å². The van der Waals surface area contributed by atoms with E-state index in [0.29, 0.717) is 0 Å². The molecule has 0 bridgehead atoms.